The SMILES string of the molecule is COC(=O)Cc1cc(Br)cc(N=O)c1. The molecule has 1 rings (SSSR count). The number of esters is 1. The summed E-state index contributed by atoms with van der Waals surface area (Å²) in [5.41, 5.74) is 0.985. The van der Waals surface area contributed by atoms with E-state index in [-0.39, 0.29) is 12.4 Å². The zero-order valence-corrected chi connectivity index (χ0v) is 9.08. The summed E-state index contributed by atoms with van der Waals surface area (Å²) in [4.78, 5) is 21.2. The monoisotopic (exact) mass is 257 g/mol. The molecule has 4 nitrogen and oxygen atoms in total. The smallest absolute Gasteiger partial charge is 0.309 e. The van der Waals surface area contributed by atoms with Gasteiger partial charge in [-0.2, -0.15) is 0 Å². The number of halogens is 1. The average Bonchev–Trinajstić information content (AvgIpc) is 2.16. The predicted octanol–water partition coefficient (Wildman–Crippen LogP) is 2.56. The lowest BCUT2D eigenvalue weighted by molar-refractivity contribution is -0.139. The van der Waals surface area contributed by atoms with E-state index in [0.717, 1.165) is 0 Å². The van der Waals surface area contributed by atoms with Crippen molar-refractivity contribution in [3.63, 3.8) is 0 Å². The summed E-state index contributed by atoms with van der Waals surface area (Å²) in [6.07, 6.45) is 0.137. The molecule has 0 aromatic heterocycles. The van der Waals surface area contributed by atoms with Crippen LogP contribution in [0.3, 0.4) is 0 Å². The Labute approximate surface area is 89.4 Å². The van der Waals surface area contributed by atoms with Gasteiger partial charge in [0.1, 0.15) is 5.69 Å². The van der Waals surface area contributed by atoms with Gasteiger partial charge < -0.3 is 4.74 Å². The van der Waals surface area contributed by atoms with Gasteiger partial charge in [-0.3, -0.25) is 4.79 Å². The van der Waals surface area contributed by atoms with E-state index >= 15 is 0 Å². The molecule has 0 aliphatic heterocycles. The van der Waals surface area contributed by atoms with Crippen molar-refractivity contribution in [2.75, 3.05) is 7.11 Å². The van der Waals surface area contributed by atoms with Crippen LogP contribution in [0.4, 0.5) is 5.69 Å². The molecular formula is C9H8BrNO3. The minimum Gasteiger partial charge on any atom is -0.469 e. The van der Waals surface area contributed by atoms with Gasteiger partial charge in [-0.15, -0.1) is 4.91 Å². The quantitative estimate of drug-likeness (QED) is 0.618. The lowest BCUT2D eigenvalue weighted by Crippen LogP contribution is -2.04. The van der Waals surface area contributed by atoms with Gasteiger partial charge in [0.2, 0.25) is 0 Å². The molecule has 0 atom stereocenters. The molecule has 14 heavy (non-hydrogen) atoms. The minimum atomic E-state index is -0.347. The highest BCUT2D eigenvalue weighted by Crippen LogP contribution is 2.22. The van der Waals surface area contributed by atoms with Gasteiger partial charge in [-0.25, -0.2) is 0 Å². The predicted molar refractivity (Wildman–Crippen MR) is 55.3 cm³/mol. The first kappa shape index (κ1) is 10.8. The molecule has 1 aromatic rings. The highest BCUT2D eigenvalue weighted by molar-refractivity contribution is 9.10. The highest BCUT2D eigenvalue weighted by atomic mass is 79.9. The second kappa shape index (κ2) is 4.85. The van der Waals surface area contributed by atoms with Gasteiger partial charge in [0, 0.05) is 4.47 Å². The van der Waals surface area contributed by atoms with E-state index in [1.807, 2.05) is 0 Å². The van der Waals surface area contributed by atoms with E-state index in [1.165, 1.54) is 7.11 Å². The summed E-state index contributed by atoms with van der Waals surface area (Å²) in [6, 6.07) is 4.87. The molecule has 0 radical (unpaired) electrons. The zero-order chi connectivity index (χ0) is 10.6. The first-order chi connectivity index (χ1) is 6.65. The fraction of sp³-hybridized carbons (Fsp3) is 0.222. The number of hydrogen-bond acceptors (Lipinski definition) is 4. The number of carbonyl (C=O) groups excluding carboxylic acids is 1. The van der Waals surface area contributed by atoms with Crippen LogP contribution in [0.5, 0.6) is 0 Å². The Bertz CT molecular complexity index is 365. The van der Waals surface area contributed by atoms with Crippen molar-refractivity contribution >= 4 is 27.6 Å². The van der Waals surface area contributed by atoms with Crippen LogP contribution in [0.25, 0.3) is 0 Å². The zero-order valence-electron chi connectivity index (χ0n) is 7.49. The normalized spacial score (nSPS) is 9.57. The molecule has 0 saturated carbocycles. The molecule has 0 spiro atoms. The Kier molecular flexibility index (Phi) is 3.76. The van der Waals surface area contributed by atoms with E-state index in [2.05, 4.69) is 25.8 Å². The molecule has 0 fully saturated rings. The summed E-state index contributed by atoms with van der Waals surface area (Å²) in [7, 11) is 1.32. The Balaban J connectivity index is 2.91. The number of methoxy groups -OCH3 is 1. The molecule has 0 saturated heterocycles. The fourth-order valence-electron chi connectivity index (χ4n) is 1.03. The molecule has 0 aliphatic rings. The molecule has 5 heteroatoms. The van der Waals surface area contributed by atoms with Gasteiger partial charge in [0.25, 0.3) is 0 Å². The molecular weight excluding hydrogens is 250 g/mol. The lowest BCUT2D eigenvalue weighted by atomic mass is 10.1. The van der Waals surface area contributed by atoms with E-state index < -0.39 is 0 Å². The van der Waals surface area contributed by atoms with Gasteiger partial charge in [0.05, 0.1) is 13.5 Å². The summed E-state index contributed by atoms with van der Waals surface area (Å²) < 4.78 is 5.22. The maximum absolute atomic E-state index is 10.9. The van der Waals surface area contributed by atoms with Gasteiger partial charge in [0.15, 0.2) is 0 Å². The van der Waals surface area contributed by atoms with Crippen molar-refractivity contribution in [2.24, 2.45) is 5.18 Å². The van der Waals surface area contributed by atoms with Crippen molar-refractivity contribution in [1.29, 1.82) is 0 Å². The maximum Gasteiger partial charge on any atom is 0.309 e. The molecule has 0 unspecified atom stereocenters. The average molecular weight is 258 g/mol. The Morgan fingerprint density at radius 1 is 1.50 bits per heavy atom. The van der Waals surface area contributed by atoms with Crippen LogP contribution in [0, 0.1) is 4.91 Å². The molecule has 0 aliphatic carbocycles. The third-order valence-electron chi connectivity index (χ3n) is 1.62. The summed E-state index contributed by atoms with van der Waals surface area (Å²) in [5, 5.41) is 2.79. The van der Waals surface area contributed by atoms with E-state index in [1.54, 1.807) is 18.2 Å². The Morgan fingerprint density at radius 2 is 2.21 bits per heavy atom. The number of hydrogen-bond donors (Lipinski definition) is 0. The van der Waals surface area contributed by atoms with Crippen LogP contribution in [0.15, 0.2) is 27.8 Å². The third-order valence-corrected chi connectivity index (χ3v) is 2.08. The number of nitroso groups, excluding NO2 is 1. The van der Waals surface area contributed by atoms with Crippen LogP contribution >= 0.6 is 15.9 Å². The third kappa shape index (κ3) is 2.92. The van der Waals surface area contributed by atoms with Gasteiger partial charge in [-0.05, 0) is 28.9 Å². The van der Waals surface area contributed by atoms with Crippen molar-refractivity contribution < 1.29 is 9.53 Å². The fourth-order valence-corrected chi connectivity index (χ4v) is 1.56. The second-order valence-corrected chi connectivity index (χ2v) is 3.58. The van der Waals surface area contributed by atoms with Crippen LogP contribution in [-0.4, -0.2) is 13.1 Å². The molecule has 0 bridgehead atoms. The second-order valence-electron chi connectivity index (χ2n) is 2.66. The number of rotatable bonds is 3. The van der Waals surface area contributed by atoms with E-state index in [0.29, 0.717) is 15.7 Å². The van der Waals surface area contributed by atoms with Crippen LogP contribution in [-0.2, 0) is 16.0 Å². The summed E-state index contributed by atoms with van der Waals surface area (Å²) in [6.45, 7) is 0. The van der Waals surface area contributed by atoms with E-state index in [4.69, 9.17) is 0 Å². The molecule has 0 N–H and O–H groups in total. The van der Waals surface area contributed by atoms with Gasteiger partial charge >= 0.3 is 5.97 Å². The summed E-state index contributed by atoms with van der Waals surface area (Å²) in [5.74, 6) is -0.347. The Hall–Kier alpha value is -1.23. The maximum atomic E-state index is 10.9. The first-order valence-corrected chi connectivity index (χ1v) is 4.64. The number of ether oxygens (including phenoxy) is 1. The van der Waals surface area contributed by atoms with E-state index in [9.17, 15) is 9.70 Å². The first-order valence-electron chi connectivity index (χ1n) is 3.85. The molecule has 0 heterocycles. The van der Waals surface area contributed by atoms with Crippen LogP contribution in [0.2, 0.25) is 0 Å². The summed E-state index contributed by atoms with van der Waals surface area (Å²) >= 11 is 3.21. The molecule has 0 amide bonds. The van der Waals surface area contributed by atoms with Crippen molar-refractivity contribution in [3.05, 3.63) is 33.1 Å². The lowest BCUT2D eigenvalue weighted by Gasteiger charge is -2.01. The van der Waals surface area contributed by atoms with Crippen molar-refractivity contribution in [1.82, 2.24) is 0 Å². The number of nitrogens with zero attached hydrogens (tertiary/aromatic N) is 1. The van der Waals surface area contributed by atoms with Gasteiger partial charge in [-0.1, -0.05) is 15.9 Å². The van der Waals surface area contributed by atoms with Crippen LogP contribution < -0.4 is 0 Å². The number of benzene rings is 1. The Morgan fingerprint density at radius 3 is 2.79 bits per heavy atom. The number of carbonyl (C=O) groups is 1. The molecule has 1 aromatic carbocycles. The molecule has 74 valence electrons. The highest BCUT2D eigenvalue weighted by Gasteiger charge is 2.05. The minimum absolute atomic E-state index is 0.137. The van der Waals surface area contributed by atoms with Crippen molar-refractivity contribution in [2.45, 2.75) is 6.42 Å². The van der Waals surface area contributed by atoms with Crippen LogP contribution in [0.1, 0.15) is 5.56 Å². The van der Waals surface area contributed by atoms with Crippen molar-refractivity contribution in [3.8, 4) is 0 Å². The topological polar surface area (TPSA) is 55.7 Å². The largest absolute Gasteiger partial charge is 0.469 e. The standard InChI is InChI=1S/C9H8BrNO3/c1-14-9(12)4-6-2-7(10)5-8(3-6)11-13/h2-3,5H,4H2,1H3.